The van der Waals surface area contributed by atoms with E-state index in [0.29, 0.717) is 17.9 Å². The van der Waals surface area contributed by atoms with Crippen molar-refractivity contribution >= 4 is 35.7 Å². The number of ether oxygens (including phenoxy) is 1. The summed E-state index contributed by atoms with van der Waals surface area (Å²) < 4.78 is 5.93. The van der Waals surface area contributed by atoms with E-state index in [2.05, 4.69) is 27.4 Å². The largest absolute Gasteiger partial charge is 0.490 e. The van der Waals surface area contributed by atoms with Gasteiger partial charge in [-0.15, -0.1) is 12.4 Å². The second kappa shape index (κ2) is 10.4. The number of carbonyl (C=O) groups excluding carboxylic acids is 1. The van der Waals surface area contributed by atoms with Crippen LogP contribution in [-0.4, -0.2) is 28.5 Å². The van der Waals surface area contributed by atoms with Crippen molar-refractivity contribution < 1.29 is 9.53 Å². The molecule has 0 saturated carbocycles. The maximum Gasteiger partial charge on any atom is 0.256 e. The number of carbonyl (C=O) groups is 1. The van der Waals surface area contributed by atoms with Crippen molar-refractivity contribution in [3.63, 3.8) is 0 Å². The van der Waals surface area contributed by atoms with Crippen LogP contribution in [0.1, 0.15) is 16.8 Å². The fraction of sp³-hybridized carbons (Fsp3) is 0.111. The Bertz CT molecular complexity index is 1300. The lowest BCUT2D eigenvalue weighted by Gasteiger charge is -2.14. The molecule has 0 aliphatic carbocycles. The number of amides is 1. The standard InChI is InChI=1S/C27H24N4O2.ClH/c28-21(11-18-5-2-1-3-6-18)17-33-23-12-20(15-29-16-23)19-8-9-26-24(13-19)25(27(32)31-26)14-22-7-4-10-30-22;/h1-10,12-16,21,30H,11,17,28H2,(H,31,32);1H/b25-14-;/t21-;/m0./s1. The molecule has 1 atom stereocenters. The lowest BCUT2D eigenvalue weighted by Crippen LogP contribution is -2.30. The molecule has 6 nitrogen and oxygen atoms in total. The van der Waals surface area contributed by atoms with E-state index < -0.39 is 0 Å². The van der Waals surface area contributed by atoms with E-state index in [1.165, 1.54) is 5.56 Å². The molecule has 34 heavy (non-hydrogen) atoms. The number of aromatic amines is 1. The van der Waals surface area contributed by atoms with Crippen LogP contribution >= 0.6 is 12.4 Å². The van der Waals surface area contributed by atoms with Gasteiger partial charge in [-0.2, -0.15) is 0 Å². The lowest BCUT2D eigenvalue weighted by atomic mass is 10.00. The number of anilines is 1. The van der Waals surface area contributed by atoms with Crippen molar-refractivity contribution in [2.75, 3.05) is 11.9 Å². The van der Waals surface area contributed by atoms with E-state index in [9.17, 15) is 4.79 Å². The molecule has 1 aliphatic rings. The summed E-state index contributed by atoms with van der Waals surface area (Å²) in [6.45, 7) is 0.395. The van der Waals surface area contributed by atoms with E-state index in [-0.39, 0.29) is 24.4 Å². The van der Waals surface area contributed by atoms with E-state index in [1.54, 1.807) is 12.4 Å². The van der Waals surface area contributed by atoms with Crippen molar-refractivity contribution in [3.8, 4) is 16.9 Å². The van der Waals surface area contributed by atoms with Gasteiger partial charge in [0.05, 0.1) is 11.8 Å². The molecule has 1 aliphatic heterocycles. The van der Waals surface area contributed by atoms with Crippen LogP contribution in [0.2, 0.25) is 0 Å². The number of pyridine rings is 1. The van der Waals surface area contributed by atoms with Crippen LogP contribution in [0.15, 0.2) is 85.3 Å². The highest BCUT2D eigenvalue weighted by Gasteiger charge is 2.24. The van der Waals surface area contributed by atoms with E-state index in [0.717, 1.165) is 34.5 Å². The number of hydrogen-bond donors (Lipinski definition) is 3. The van der Waals surface area contributed by atoms with Gasteiger partial charge in [-0.3, -0.25) is 9.78 Å². The molecule has 1 amide bonds. The van der Waals surface area contributed by atoms with Gasteiger partial charge in [0.25, 0.3) is 5.91 Å². The molecule has 4 N–H and O–H groups in total. The Labute approximate surface area is 204 Å². The molecule has 2 aromatic heterocycles. The van der Waals surface area contributed by atoms with Crippen LogP contribution in [0, 0.1) is 0 Å². The third-order valence-corrected chi connectivity index (χ3v) is 5.58. The number of H-pyrrole nitrogens is 1. The Kier molecular flexibility index (Phi) is 7.11. The average Bonchev–Trinajstić information content (AvgIpc) is 3.46. The predicted molar refractivity (Wildman–Crippen MR) is 138 cm³/mol. The van der Waals surface area contributed by atoms with Gasteiger partial charge in [-0.1, -0.05) is 36.4 Å². The SMILES string of the molecule is Cl.N[C@H](COc1cncc(-c2ccc3c(c2)/C(=C/c2ccc[nH]2)C(=O)N3)c1)Cc1ccccc1. The predicted octanol–water partition coefficient (Wildman–Crippen LogP) is 4.94. The molecular weight excluding hydrogens is 448 g/mol. The minimum Gasteiger partial charge on any atom is -0.490 e. The number of nitrogens with zero attached hydrogens (tertiary/aromatic N) is 1. The van der Waals surface area contributed by atoms with E-state index >= 15 is 0 Å². The molecule has 3 heterocycles. The molecule has 0 spiro atoms. The van der Waals surface area contributed by atoms with Crippen molar-refractivity contribution in [1.29, 1.82) is 0 Å². The van der Waals surface area contributed by atoms with Crippen LogP contribution < -0.4 is 15.8 Å². The van der Waals surface area contributed by atoms with Crippen LogP contribution in [0.3, 0.4) is 0 Å². The summed E-state index contributed by atoms with van der Waals surface area (Å²) in [5.41, 5.74) is 12.5. The van der Waals surface area contributed by atoms with E-state index in [1.807, 2.05) is 66.9 Å². The van der Waals surface area contributed by atoms with Gasteiger partial charge in [-0.05, 0) is 54.0 Å². The van der Waals surface area contributed by atoms with Crippen molar-refractivity contribution in [2.24, 2.45) is 5.73 Å². The normalized spacial score (nSPS) is 14.3. The molecule has 7 heteroatoms. The Morgan fingerprint density at radius 1 is 1.00 bits per heavy atom. The highest BCUT2D eigenvalue weighted by atomic mass is 35.5. The van der Waals surface area contributed by atoms with Crippen LogP contribution in [-0.2, 0) is 11.2 Å². The minimum atomic E-state index is -0.117. The highest BCUT2D eigenvalue weighted by Crippen LogP contribution is 2.36. The molecule has 5 rings (SSSR count). The Morgan fingerprint density at radius 2 is 1.85 bits per heavy atom. The zero-order valence-corrected chi connectivity index (χ0v) is 19.2. The number of nitrogens with two attached hydrogens (primary N) is 1. The van der Waals surface area contributed by atoms with Gasteiger partial charge in [0.2, 0.25) is 0 Å². The second-order valence-corrected chi connectivity index (χ2v) is 8.07. The molecule has 4 aromatic rings. The summed E-state index contributed by atoms with van der Waals surface area (Å²) in [7, 11) is 0. The first-order valence-electron chi connectivity index (χ1n) is 10.8. The van der Waals surface area contributed by atoms with Crippen LogP contribution in [0.25, 0.3) is 22.8 Å². The molecule has 0 fully saturated rings. The number of benzene rings is 2. The summed E-state index contributed by atoms with van der Waals surface area (Å²) >= 11 is 0. The number of nitrogens with one attached hydrogen (secondary N) is 2. The monoisotopic (exact) mass is 472 g/mol. The number of hydrogen-bond acceptors (Lipinski definition) is 4. The number of rotatable bonds is 7. The molecule has 0 saturated heterocycles. The molecule has 172 valence electrons. The summed E-state index contributed by atoms with van der Waals surface area (Å²) in [4.78, 5) is 20.0. The third-order valence-electron chi connectivity index (χ3n) is 5.58. The first kappa shape index (κ1) is 23.3. The first-order chi connectivity index (χ1) is 16.2. The van der Waals surface area contributed by atoms with Crippen molar-refractivity contribution in [2.45, 2.75) is 12.5 Å². The lowest BCUT2D eigenvalue weighted by molar-refractivity contribution is -0.110. The maximum absolute atomic E-state index is 12.5. The summed E-state index contributed by atoms with van der Waals surface area (Å²) in [6.07, 6.45) is 7.91. The first-order valence-corrected chi connectivity index (χ1v) is 10.8. The molecule has 0 unspecified atom stereocenters. The quantitative estimate of drug-likeness (QED) is 0.332. The van der Waals surface area contributed by atoms with Crippen LogP contribution in [0.5, 0.6) is 5.75 Å². The molecule has 0 radical (unpaired) electrons. The fourth-order valence-electron chi connectivity index (χ4n) is 3.94. The smallest absolute Gasteiger partial charge is 0.256 e. The highest BCUT2D eigenvalue weighted by molar-refractivity contribution is 6.35. The fourth-order valence-corrected chi connectivity index (χ4v) is 3.94. The van der Waals surface area contributed by atoms with Gasteiger partial charge < -0.3 is 20.8 Å². The zero-order chi connectivity index (χ0) is 22.6. The van der Waals surface area contributed by atoms with Crippen LogP contribution in [0.4, 0.5) is 5.69 Å². The van der Waals surface area contributed by atoms with Gasteiger partial charge in [0.15, 0.2) is 0 Å². The average molecular weight is 473 g/mol. The molecule has 0 bridgehead atoms. The maximum atomic E-state index is 12.5. The second-order valence-electron chi connectivity index (χ2n) is 8.07. The minimum absolute atomic E-state index is 0. The van der Waals surface area contributed by atoms with Gasteiger partial charge >= 0.3 is 0 Å². The van der Waals surface area contributed by atoms with Crippen molar-refractivity contribution in [1.82, 2.24) is 9.97 Å². The zero-order valence-electron chi connectivity index (χ0n) is 18.4. The third kappa shape index (κ3) is 5.20. The summed E-state index contributed by atoms with van der Waals surface area (Å²) in [5, 5.41) is 2.93. The summed E-state index contributed by atoms with van der Waals surface area (Å²) in [5.74, 6) is 0.548. The Hall–Kier alpha value is -3.87. The van der Waals surface area contributed by atoms with Gasteiger partial charge in [-0.25, -0.2) is 0 Å². The topological polar surface area (TPSA) is 93.0 Å². The molecule has 2 aromatic carbocycles. The van der Waals surface area contributed by atoms with Crippen molar-refractivity contribution in [3.05, 3.63) is 102 Å². The molecular formula is C27H25ClN4O2. The Balaban J connectivity index is 0.00000274. The van der Waals surface area contributed by atoms with Gasteiger partial charge in [0.1, 0.15) is 12.4 Å². The number of fused-ring (bicyclic) bond motifs is 1. The number of halogens is 1. The van der Waals surface area contributed by atoms with Gasteiger partial charge in [0, 0.05) is 40.9 Å². The number of aromatic nitrogens is 2. The summed E-state index contributed by atoms with van der Waals surface area (Å²) in [6, 6.07) is 21.7. The Morgan fingerprint density at radius 3 is 2.65 bits per heavy atom. The van der Waals surface area contributed by atoms with E-state index in [4.69, 9.17) is 10.5 Å².